The van der Waals surface area contributed by atoms with Gasteiger partial charge in [0.2, 0.25) is 0 Å². The molecule has 0 aliphatic heterocycles. The first-order valence-electron chi connectivity index (χ1n) is 6.48. The van der Waals surface area contributed by atoms with Gasteiger partial charge in [-0.2, -0.15) is 0 Å². The normalized spacial score (nSPS) is 12.1. The van der Waals surface area contributed by atoms with Gasteiger partial charge in [-0.1, -0.05) is 19.1 Å². The van der Waals surface area contributed by atoms with Gasteiger partial charge in [-0.05, 0) is 24.6 Å². The van der Waals surface area contributed by atoms with Crippen LogP contribution in [0.5, 0.6) is 0 Å². The summed E-state index contributed by atoms with van der Waals surface area (Å²) >= 11 is 0. The van der Waals surface area contributed by atoms with E-state index in [9.17, 15) is 9.59 Å². The summed E-state index contributed by atoms with van der Waals surface area (Å²) in [6, 6.07) is 8.55. The molecule has 2 N–H and O–H groups in total. The minimum atomic E-state index is -0.920. The van der Waals surface area contributed by atoms with Crippen molar-refractivity contribution >= 4 is 22.8 Å². The number of aliphatic carboxylic acids is 1. The van der Waals surface area contributed by atoms with Crippen LogP contribution in [0.2, 0.25) is 0 Å². The van der Waals surface area contributed by atoms with Gasteiger partial charge in [0.05, 0.1) is 11.9 Å². The first-order chi connectivity index (χ1) is 9.61. The van der Waals surface area contributed by atoms with Crippen LogP contribution in [0.25, 0.3) is 10.9 Å². The Kier molecular flexibility index (Phi) is 4.30. The van der Waals surface area contributed by atoms with Crippen LogP contribution >= 0.6 is 0 Å². The molecule has 0 bridgehead atoms. The first kappa shape index (κ1) is 14.0. The molecule has 1 amide bonds. The quantitative estimate of drug-likeness (QED) is 0.874. The van der Waals surface area contributed by atoms with Crippen LogP contribution in [-0.4, -0.2) is 28.0 Å². The molecular weight excluding hydrogens is 256 g/mol. The molecule has 1 atom stereocenters. The van der Waals surface area contributed by atoms with Gasteiger partial charge in [-0.3, -0.25) is 14.6 Å². The van der Waals surface area contributed by atoms with Crippen molar-refractivity contribution in [3.63, 3.8) is 0 Å². The highest BCUT2D eigenvalue weighted by molar-refractivity contribution is 6.06. The number of aromatic nitrogens is 1. The summed E-state index contributed by atoms with van der Waals surface area (Å²) < 4.78 is 0. The number of fused-ring (bicyclic) bond motifs is 1. The third kappa shape index (κ3) is 3.12. The minimum absolute atomic E-state index is 0.0781. The summed E-state index contributed by atoms with van der Waals surface area (Å²) in [5.74, 6) is -1.19. The summed E-state index contributed by atoms with van der Waals surface area (Å²) in [4.78, 5) is 27.2. The number of nitrogens with zero attached hydrogens (tertiary/aromatic N) is 1. The van der Waals surface area contributed by atoms with Crippen molar-refractivity contribution in [3.05, 3.63) is 42.1 Å². The number of hydrogen-bond donors (Lipinski definition) is 2. The van der Waals surface area contributed by atoms with E-state index in [2.05, 4.69) is 10.3 Å². The van der Waals surface area contributed by atoms with Gasteiger partial charge in [0.15, 0.2) is 0 Å². The van der Waals surface area contributed by atoms with Crippen molar-refractivity contribution < 1.29 is 14.7 Å². The second-order valence-electron chi connectivity index (χ2n) is 4.55. The van der Waals surface area contributed by atoms with E-state index in [0.29, 0.717) is 12.0 Å². The highest BCUT2D eigenvalue weighted by Crippen LogP contribution is 2.16. The van der Waals surface area contributed by atoms with Crippen molar-refractivity contribution in [2.75, 3.05) is 0 Å². The van der Waals surface area contributed by atoms with Gasteiger partial charge < -0.3 is 10.4 Å². The van der Waals surface area contributed by atoms with E-state index in [1.807, 2.05) is 19.1 Å². The number of benzene rings is 1. The Balaban J connectivity index is 2.25. The van der Waals surface area contributed by atoms with Gasteiger partial charge in [-0.25, -0.2) is 0 Å². The Hall–Kier alpha value is -2.43. The maximum Gasteiger partial charge on any atom is 0.305 e. The molecule has 1 aromatic carbocycles. The third-order valence-electron chi connectivity index (χ3n) is 3.14. The smallest absolute Gasteiger partial charge is 0.305 e. The Morgan fingerprint density at radius 2 is 2.10 bits per heavy atom. The fourth-order valence-corrected chi connectivity index (χ4v) is 2.07. The van der Waals surface area contributed by atoms with Gasteiger partial charge >= 0.3 is 5.97 Å². The number of pyridine rings is 1. The molecule has 1 aromatic heterocycles. The van der Waals surface area contributed by atoms with Gasteiger partial charge in [0.25, 0.3) is 5.91 Å². The Bertz CT molecular complexity index is 635. The molecule has 0 aliphatic rings. The SMILES string of the molecule is CCC(CC(=O)O)NC(=O)c1cccc2ncccc12. The van der Waals surface area contributed by atoms with Gasteiger partial charge in [0.1, 0.15) is 0 Å². The maximum absolute atomic E-state index is 12.3. The number of rotatable bonds is 5. The number of amides is 1. The minimum Gasteiger partial charge on any atom is -0.481 e. The Morgan fingerprint density at radius 1 is 1.30 bits per heavy atom. The molecule has 0 spiro atoms. The summed E-state index contributed by atoms with van der Waals surface area (Å²) in [6.45, 7) is 1.85. The number of carbonyl (C=O) groups is 2. The average molecular weight is 272 g/mol. The monoisotopic (exact) mass is 272 g/mol. The zero-order valence-electron chi connectivity index (χ0n) is 11.2. The van der Waals surface area contributed by atoms with Gasteiger partial charge in [0, 0.05) is 23.2 Å². The largest absolute Gasteiger partial charge is 0.481 e. The molecule has 1 unspecified atom stereocenters. The number of nitrogens with one attached hydrogen (secondary N) is 1. The van der Waals surface area contributed by atoms with Crippen molar-refractivity contribution in [1.82, 2.24) is 10.3 Å². The summed E-state index contributed by atoms with van der Waals surface area (Å²) in [7, 11) is 0. The van der Waals surface area contributed by atoms with Crippen molar-refractivity contribution in [3.8, 4) is 0 Å². The Labute approximate surface area is 116 Å². The van der Waals surface area contributed by atoms with Crippen LogP contribution in [0, 0.1) is 0 Å². The van der Waals surface area contributed by atoms with E-state index >= 15 is 0 Å². The molecule has 2 rings (SSSR count). The molecule has 0 fully saturated rings. The van der Waals surface area contributed by atoms with E-state index < -0.39 is 5.97 Å². The zero-order chi connectivity index (χ0) is 14.5. The fraction of sp³-hybridized carbons (Fsp3) is 0.267. The van der Waals surface area contributed by atoms with Crippen LogP contribution in [0.15, 0.2) is 36.5 Å². The molecular formula is C15H16N2O3. The summed E-state index contributed by atoms with van der Waals surface area (Å²) in [6.07, 6.45) is 2.16. The second-order valence-corrected chi connectivity index (χ2v) is 4.55. The molecule has 0 aliphatic carbocycles. The molecule has 104 valence electrons. The predicted molar refractivity (Wildman–Crippen MR) is 75.5 cm³/mol. The highest BCUT2D eigenvalue weighted by Gasteiger charge is 2.16. The summed E-state index contributed by atoms with van der Waals surface area (Å²) in [5.41, 5.74) is 1.26. The zero-order valence-corrected chi connectivity index (χ0v) is 11.2. The molecule has 0 saturated carbocycles. The number of carbonyl (C=O) groups excluding carboxylic acids is 1. The van der Waals surface area contributed by atoms with Crippen LogP contribution in [0.1, 0.15) is 30.1 Å². The van der Waals surface area contributed by atoms with E-state index in [1.54, 1.807) is 24.4 Å². The maximum atomic E-state index is 12.3. The van der Waals surface area contributed by atoms with Crippen molar-refractivity contribution in [1.29, 1.82) is 0 Å². The van der Waals surface area contributed by atoms with Gasteiger partial charge in [-0.15, -0.1) is 0 Å². The molecule has 5 heteroatoms. The van der Waals surface area contributed by atoms with Crippen molar-refractivity contribution in [2.24, 2.45) is 0 Å². The lowest BCUT2D eigenvalue weighted by Gasteiger charge is -2.15. The molecule has 0 radical (unpaired) electrons. The number of hydrogen-bond acceptors (Lipinski definition) is 3. The standard InChI is InChI=1S/C15H16N2O3/c1-2-10(9-14(18)19)17-15(20)12-5-3-7-13-11(12)6-4-8-16-13/h3-8,10H,2,9H2,1H3,(H,17,20)(H,18,19). The molecule has 5 nitrogen and oxygen atoms in total. The Morgan fingerprint density at radius 3 is 2.80 bits per heavy atom. The molecule has 2 aromatic rings. The van der Waals surface area contributed by atoms with Crippen LogP contribution in [0.3, 0.4) is 0 Å². The van der Waals surface area contributed by atoms with Crippen LogP contribution < -0.4 is 5.32 Å². The topological polar surface area (TPSA) is 79.3 Å². The molecule has 1 heterocycles. The van der Waals surface area contributed by atoms with E-state index in [0.717, 1.165) is 10.9 Å². The lowest BCUT2D eigenvalue weighted by molar-refractivity contribution is -0.137. The highest BCUT2D eigenvalue weighted by atomic mass is 16.4. The van der Waals surface area contributed by atoms with Crippen molar-refractivity contribution in [2.45, 2.75) is 25.8 Å². The second kappa shape index (κ2) is 6.14. The molecule has 20 heavy (non-hydrogen) atoms. The van der Waals surface area contributed by atoms with E-state index in [4.69, 9.17) is 5.11 Å². The number of carboxylic acids is 1. The molecule has 0 saturated heterocycles. The third-order valence-corrected chi connectivity index (χ3v) is 3.14. The summed E-state index contributed by atoms with van der Waals surface area (Å²) in [5, 5.41) is 12.3. The average Bonchev–Trinajstić information content (AvgIpc) is 2.45. The lowest BCUT2D eigenvalue weighted by atomic mass is 10.1. The van der Waals surface area contributed by atoms with E-state index in [1.165, 1.54) is 0 Å². The lowest BCUT2D eigenvalue weighted by Crippen LogP contribution is -2.36. The predicted octanol–water partition coefficient (Wildman–Crippen LogP) is 2.22. The van der Waals surface area contributed by atoms with E-state index in [-0.39, 0.29) is 18.4 Å². The fourth-order valence-electron chi connectivity index (χ4n) is 2.07. The van der Waals surface area contributed by atoms with Crippen LogP contribution in [0.4, 0.5) is 0 Å². The number of carboxylic acid groups (broad SMARTS) is 1. The van der Waals surface area contributed by atoms with Crippen LogP contribution in [-0.2, 0) is 4.79 Å². The first-order valence-corrected chi connectivity index (χ1v) is 6.48.